The quantitative estimate of drug-likeness (QED) is 0.362. The third kappa shape index (κ3) is 4.03. The van der Waals surface area contributed by atoms with Crippen LogP contribution in [0.2, 0.25) is 5.02 Å². The van der Waals surface area contributed by atoms with E-state index in [1.807, 2.05) is 0 Å². The number of hydrogen-bond donors (Lipinski definition) is 2. The summed E-state index contributed by atoms with van der Waals surface area (Å²) < 4.78 is 13.4. The van der Waals surface area contributed by atoms with Crippen LogP contribution in [0, 0.1) is 17.3 Å². The van der Waals surface area contributed by atoms with E-state index >= 15 is 0 Å². The first-order chi connectivity index (χ1) is 9.11. The van der Waals surface area contributed by atoms with Crippen molar-refractivity contribution in [1.82, 2.24) is 4.98 Å². The Hall–Kier alpha value is -0.940. The van der Waals surface area contributed by atoms with Gasteiger partial charge in [0, 0.05) is 22.5 Å². The number of aryl methyl sites for hydroxylation is 2. The van der Waals surface area contributed by atoms with Gasteiger partial charge in [-0.1, -0.05) is 17.8 Å². The molecule has 0 saturated heterocycles. The standard InChI is InChI=1S/C14H12ClFN3.Na/c15-11-6-10(8-17)13(18)7-9(11)3-4-14-12(16)2-1-5-19-14;/h2,5-8,17H,3-4,18H2;/q-1;+1. The number of nitrogens with zero attached hydrogens (tertiary/aromatic N) is 1. The van der Waals surface area contributed by atoms with Gasteiger partial charge in [-0.15, -0.1) is 0 Å². The number of halogens is 2. The molecule has 0 amide bonds. The normalized spacial score (nSPS) is 9.90. The van der Waals surface area contributed by atoms with Crippen LogP contribution in [-0.2, 0) is 12.8 Å². The zero-order chi connectivity index (χ0) is 13.8. The van der Waals surface area contributed by atoms with Crippen molar-refractivity contribution in [3.8, 4) is 0 Å². The molecule has 0 aliphatic carbocycles. The van der Waals surface area contributed by atoms with Crippen LogP contribution in [0.1, 0.15) is 16.8 Å². The topological polar surface area (TPSA) is 62.8 Å². The number of nitrogens with one attached hydrogen (secondary N) is 1. The van der Waals surface area contributed by atoms with E-state index in [-0.39, 0.29) is 35.4 Å². The molecule has 0 bridgehead atoms. The summed E-state index contributed by atoms with van der Waals surface area (Å²) in [6, 6.07) is 7.20. The molecule has 0 spiro atoms. The first-order valence-electron chi connectivity index (χ1n) is 5.70. The molecule has 2 aromatic rings. The largest absolute Gasteiger partial charge is 1.00 e. The molecule has 0 atom stereocenters. The summed E-state index contributed by atoms with van der Waals surface area (Å²) in [6.07, 6.45) is 3.56. The summed E-state index contributed by atoms with van der Waals surface area (Å²) in [5.74, 6) is -0.372. The van der Waals surface area contributed by atoms with Crippen molar-refractivity contribution < 1.29 is 33.9 Å². The summed E-state index contributed by atoms with van der Waals surface area (Å²) in [5, 5.41) is 7.71. The van der Waals surface area contributed by atoms with Gasteiger partial charge in [0.05, 0.1) is 0 Å². The molecule has 0 unspecified atom stereocenters. The summed E-state index contributed by atoms with van der Waals surface area (Å²) in [5.41, 5.74) is 8.06. The third-order valence-electron chi connectivity index (χ3n) is 2.82. The Morgan fingerprint density at radius 2 is 2.15 bits per heavy atom. The van der Waals surface area contributed by atoms with Crippen molar-refractivity contribution in [1.29, 1.82) is 5.41 Å². The summed E-state index contributed by atoms with van der Waals surface area (Å²) >= 11 is 6.11. The SMILES string of the molecule is N=Cc1cc(Cl)c(CCc2nc[c-]cc2F)cc1N.[Na+]. The molecule has 0 aliphatic rings. The molecule has 3 N–H and O–H groups in total. The maximum absolute atomic E-state index is 13.4. The average Bonchev–Trinajstić information content (AvgIpc) is 2.41. The van der Waals surface area contributed by atoms with Crippen LogP contribution in [0.4, 0.5) is 10.1 Å². The maximum Gasteiger partial charge on any atom is 1.00 e. The Bertz CT molecular complexity index is 619. The van der Waals surface area contributed by atoms with Crippen molar-refractivity contribution in [3.05, 3.63) is 58.1 Å². The molecule has 2 rings (SSSR count). The van der Waals surface area contributed by atoms with Crippen molar-refractivity contribution in [3.63, 3.8) is 0 Å². The molecule has 3 nitrogen and oxygen atoms in total. The van der Waals surface area contributed by atoms with Crippen LogP contribution in [0.3, 0.4) is 0 Å². The van der Waals surface area contributed by atoms with E-state index in [1.165, 1.54) is 12.3 Å². The molecule has 98 valence electrons. The van der Waals surface area contributed by atoms with Crippen molar-refractivity contribution in [2.75, 3.05) is 5.73 Å². The summed E-state index contributed by atoms with van der Waals surface area (Å²) in [4.78, 5) is 3.94. The Morgan fingerprint density at radius 3 is 2.80 bits per heavy atom. The molecule has 0 saturated carbocycles. The van der Waals surface area contributed by atoms with Crippen molar-refractivity contribution in [2.24, 2.45) is 0 Å². The predicted molar refractivity (Wildman–Crippen MR) is 74.2 cm³/mol. The Labute approximate surface area is 144 Å². The minimum atomic E-state index is -0.372. The van der Waals surface area contributed by atoms with E-state index < -0.39 is 0 Å². The van der Waals surface area contributed by atoms with E-state index in [0.717, 1.165) is 11.8 Å². The molecule has 0 radical (unpaired) electrons. The molecule has 6 heteroatoms. The van der Waals surface area contributed by atoms with Gasteiger partial charge in [0.2, 0.25) is 0 Å². The minimum Gasteiger partial charge on any atom is -0.398 e. The molecular weight excluding hydrogens is 288 g/mol. The van der Waals surface area contributed by atoms with Gasteiger partial charge in [-0.2, -0.15) is 6.07 Å². The first-order valence-corrected chi connectivity index (χ1v) is 6.08. The fourth-order valence-corrected chi connectivity index (χ4v) is 2.04. The zero-order valence-corrected chi connectivity index (χ0v) is 13.8. The molecule has 0 fully saturated rings. The van der Waals surface area contributed by atoms with Gasteiger partial charge in [-0.25, -0.2) is 6.07 Å². The van der Waals surface area contributed by atoms with Gasteiger partial charge < -0.3 is 15.5 Å². The van der Waals surface area contributed by atoms with Crippen molar-refractivity contribution in [2.45, 2.75) is 12.8 Å². The van der Waals surface area contributed by atoms with Gasteiger partial charge in [0.1, 0.15) is 0 Å². The number of hydrogen-bond acceptors (Lipinski definition) is 3. The molecule has 1 heterocycles. The number of pyridine rings is 1. The monoisotopic (exact) mass is 299 g/mol. The molecule has 0 aliphatic heterocycles. The summed E-state index contributed by atoms with van der Waals surface area (Å²) in [7, 11) is 0. The van der Waals surface area contributed by atoms with Gasteiger partial charge >= 0.3 is 29.6 Å². The smallest absolute Gasteiger partial charge is 0.398 e. The fourth-order valence-electron chi connectivity index (χ4n) is 1.78. The van der Waals surface area contributed by atoms with Crippen molar-refractivity contribution >= 4 is 23.5 Å². The van der Waals surface area contributed by atoms with E-state index in [1.54, 1.807) is 12.1 Å². The first kappa shape index (κ1) is 17.1. The number of benzene rings is 1. The second kappa shape index (κ2) is 7.74. The van der Waals surface area contributed by atoms with Gasteiger partial charge in [-0.05, 0) is 42.0 Å². The second-order valence-electron chi connectivity index (χ2n) is 4.08. The zero-order valence-electron chi connectivity index (χ0n) is 11.1. The minimum absolute atomic E-state index is 0. The van der Waals surface area contributed by atoms with E-state index in [2.05, 4.69) is 11.1 Å². The van der Waals surface area contributed by atoms with Crippen LogP contribution in [0.15, 0.2) is 24.4 Å². The van der Waals surface area contributed by atoms with E-state index in [4.69, 9.17) is 22.7 Å². The van der Waals surface area contributed by atoms with Crippen LogP contribution in [0.25, 0.3) is 0 Å². The van der Waals surface area contributed by atoms with Crippen LogP contribution in [-0.4, -0.2) is 11.2 Å². The van der Waals surface area contributed by atoms with Crippen LogP contribution < -0.4 is 35.3 Å². The third-order valence-corrected chi connectivity index (χ3v) is 3.17. The fraction of sp³-hybridized carbons (Fsp3) is 0.143. The van der Waals surface area contributed by atoms with E-state index in [9.17, 15) is 4.39 Å². The molecule has 1 aromatic heterocycles. The second-order valence-corrected chi connectivity index (χ2v) is 4.49. The Morgan fingerprint density at radius 1 is 1.40 bits per heavy atom. The van der Waals surface area contributed by atoms with Gasteiger partial charge in [-0.3, -0.25) is 4.98 Å². The van der Waals surface area contributed by atoms with Crippen LogP contribution in [0.5, 0.6) is 0 Å². The Kier molecular flexibility index (Phi) is 6.62. The van der Waals surface area contributed by atoms with E-state index in [0.29, 0.717) is 34.8 Å². The van der Waals surface area contributed by atoms with Gasteiger partial charge in [0.15, 0.2) is 0 Å². The number of aromatic nitrogens is 1. The average molecular weight is 300 g/mol. The summed E-state index contributed by atoms with van der Waals surface area (Å²) in [6.45, 7) is 0. The predicted octanol–water partition coefficient (Wildman–Crippen LogP) is 0.0434. The number of nitrogens with two attached hydrogens (primary N) is 1. The molecule has 1 aromatic carbocycles. The van der Waals surface area contributed by atoms with Crippen LogP contribution >= 0.6 is 11.6 Å². The molecule has 20 heavy (non-hydrogen) atoms. The Balaban J connectivity index is 0.00000200. The van der Waals surface area contributed by atoms with Gasteiger partial charge in [0.25, 0.3) is 0 Å². The number of rotatable bonds is 4. The number of anilines is 1. The number of nitrogen functional groups attached to an aromatic ring is 1. The molecular formula is C14H12ClFN3Na. The maximum atomic E-state index is 13.4.